The Hall–Kier alpha value is -4.46. The minimum Gasteiger partial charge on any atom is -0.497 e. The number of halogens is 1. The second-order valence-electron chi connectivity index (χ2n) is 8.58. The fraction of sp³-hybridized carbons (Fsp3) is 0.179. The van der Waals surface area contributed by atoms with Crippen LogP contribution in [-0.4, -0.2) is 28.8 Å². The van der Waals surface area contributed by atoms with Gasteiger partial charge in [-0.3, -0.25) is 9.59 Å². The highest BCUT2D eigenvalue weighted by molar-refractivity contribution is 6.04. The Morgan fingerprint density at radius 3 is 2.39 bits per heavy atom. The van der Waals surface area contributed by atoms with E-state index in [0.29, 0.717) is 28.3 Å². The molecule has 182 valence electrons. The number of amides is 1. The summed E-state index contributed by atoms with van der Waals surface area (Å²) in [5, 5.41) is 7.65. The van der Waals surface area contributed by atoms with E-state index in [-0.39, 0.29) is 23.5 Å². The van der Waals surface area contributed by atoms with Crippen LogP contribution in [0.25, 0.3) is 16.8 Å². The van der Waals surface area contributed by atoms with Gasteiger partial charge in [0.1, 0.15) is 11.6 Å². The fourth-order valence-electron chi connectivity index (χ4n) is 4.01. The van der Waals surface area contributed by atoms with Crippen molar-refractivity contribution in [2.45, 2.75) is 25.7 Å². The van der Waals surface area contributed by atoms with E-state index in [0.717, 1.165) is 24.1 Å². The van der Waals surface area contributed by atoms with Crippen LogP contribution in [0.5, 0.6) is 11.6 Å². The van der Waals surface area contributed by atoms with Crippen LogP contribution in [0.4, 0.5) is 10.1 Å². The molecule has 1 aromatic heterocycles. The summed E-state index contributed by atoms with van der Waals surface area (Å²) in [6.07, 6.45) is 1.98. The van der Waals surface area contributed by atoms with Crippen molar-refractivity contribution in [3.8, 4) is 28.4 Å². The van der Waals surface area contributed by atoms with E-state index in [9.17, 15) is 14.0 Å². The Balaban J connectivity index is 1.49. The standard InChI is InChI=1S/C28H24FN3O4/c1-17(33)36-28-25(26(19-6-7-19)31-32(28)23-14-10-21(29)11-15-23)18-8-12-22(13-9-18)30-27(34)20-4-3-5-24(16-20)35-2/h3-5,8-16,19H,6-7H2,1-2H3,(H,30,34). The molecule has 0 unspecified atom stereocenters. The van der Waals surface area contributed by atoms with Gasteiger partial charge in [0.15, 0.2) is 0 Å². The van der Waals surface area contributed by atoms with E-state index in [4.69, 9.17) is 14.6 Å². The maximum absolute atomic E-state index is 13.5. The van der Waals surface area contributed by atoms with Crippen LogP contribution >= 0.6 is 0 Å². The zero-order valence-electron chi connectivity index (χ0n) is 19.8. The molecule has 0 atom stereocenters. The molecular weight excluding hydrogens is 461 g/mol. The lowest BCUT2D eigenvalue weighted by Gasteiger charge is -2.11. The molecule has 5 rings (SSSR count). The molecule has 3 aromatic carbocycles. The number of nitrogens with one attached hydrogen (secondary N) is 1. The molecule has 1 amide bonds. The van der Waals surface area contributed by atoms with Gasteiger partial charge >= 0.3 is 5.97 Å². The van der Waals surface area contributed by atoms with Crippen molar-refractivity contribution in [3.63, 3.8) is 0 Å². The molecule has 1 fully saturated rings. The van der Waals surface area contributed by atoms with Crippen LogP contribution in [-0.2, 0) is 4.79 Å². The number of hydrogen-bond acceptors (Lipinski definition) is 5. The maximum Gasteiger partial charge on any atom is 0.309 e. The van der Waals surface area contributed by atoms with E-state index >= 15 is 0 Å². The van der Waals surface area contributed by atoms with Crippen molar-refractivity contribution < 1.29 is 23.5 Å². The first-order valence-corrected chi connectivity index (χ1v) is 11.6. The molecule has 1 aliphatic rings. The Kier molecular flexibility index (Phi) is 6.25. The number of nitrogens with zero attached hydrogens (tertiary/aromatic N) is 2. The zero-order chi connectivity index (χ0) is 25.2. The van der Waals surface area contributed by atoms with Gasteiger partial charge in [0.2, 0.25) is 5.88 Å². The monoisotopic (exact) mass is 485 g/mol. The second-order valence-corrected chi connectivity index (χ2v) is 8.58. The predicted molar refractivity (Wildman–Crippen MR) is 133 cm³/mol. The maximum atomic E-state index is 13.5. The molecule has 0 saturated heterocycles. The van der Waals surface area contributed by atoms with Gasteiger partial charge in [-0.1, -0.05) is 18.2 Å². The predicted octanol–water partition coefficient (Wildman–Crippen LogP) is 5.74. The minimum atomic E-state index is -0.482. The number of aromatic nitrogens is 2. The van der Waals surface area contributed by atoms with Crippen LogP contribution in [0.15, 0.2) is 72.8 Å². The average molecular weight is 486 g/mol. The van der Waals surface area contributed by atoms with Crippen LogP contribution in [0.2, 0.25) is 0 Å². The van der Waals surface area contributed by atoms with Gasteiger partial charge in [0.05, 0.1) is 24.1 Å². The average Bonchev–Trinajstić information content (AvgIpc) is 3.67. The number of hydrogen-bond donors (Lipinski definition) is 1. The summed E-state index contributed by atoms with van der Waals surface area (Å²) in [6, 6.07) is 20.0. The number of methoxy groups -OCH3 is 1. The molecule has 1 heterocycles. The highest BCUT2D eigenvalue weighted by Gasteiger charge is 2.34. The van der Waals surface area contributed by atoms with Crippen molar-refractivity contribution >= 4 is 17.6 Å². The van der Waals surface area contributed by atoms with Gasteiger partial charge in [-0.05, 0) is 73.0 Å². The van der Waals surface area contributed by atoms with Gasteiger partial charge in [-0.15, -0.1) is 0 Å². The first kappa shape index (κ1) is 23.3. The molecule has 0 spiro atoms. The third-order valence-corrected chi connectivity index (χ3v) is 5.91. The van der Waals surface area contributed by atoms with Crippen molar-refractivity contribution in [1.29, 1.82) is 0 Å². The number of esters is 1. The molecule has 7 nitrogen and oxygen atoms in total. The van der Waals surface area contributed by atoms with Crippen molar-refractivity contribution in [2.75, 3.05) is 12.4 Å². The molecule has 1 saturated carbocycles. The van der Waals surface area contributed by atoms with Crippen LogP contribution in [0, 0.1) is 5.82 Å². The number of anilines is 1. The summed E-state index contributed by atoms with van der Waals surface area (Å²) >= 11 is 0. The van der Waals surface area contributed by atoms with Crippen LogP contribution in [0.3, 0.4) is 0 Å². The fourth-order valence-corrected chi connectivity index (χ4v) is 4.01. The number of carbonyl (C=O) groups is 2. The molecule has 1 N–H and O–H groups in total. The Morgan fingerprint density at radius 2 is 1.75 bits per heavy atom. The number of ether oxygens (including phenoxy) is 2. The zero-order valence-corrected chi connectivity index (χ0v) is 19.8. The molecule has 0 aliphatic heterocycles. The van der Waals surface area contributed by atoms with Gasteiger partial charge in [-0.25, -0.2) is 4.39 Å². The molecule has 0 bridgehead atoms. The Bertz CT molecular complexity index is 1420. The first-order chi connectivity index (χ1) is 17.4. The number of benzene rings is 3. The number of rotatable bonds is 7. The second kappa shape index (κ2) is 9.65. The van der Waals surface area contributed by atoms with E-state index in [2.05, 4.69) is 5.32 Å². The van der Waals surface area contributed by atoms with E-state index < -0.39 is 5.97 Å². The van der Waals surface area contributed by atoms with E-state index in [1.807, 2.05) is 12.1 Å². The summed E-state index contributed by atoms with van der Waals surface area (Å²) in [4.78, 5) is 24.7. The molecule has 0 radical (unpaired) electrons. The van der Waals surface area contributed by atoms with Crippen LogP contribution < -0.4 is 14.8 Å². The number of carbonyl (C=O) groups excluding carboxylic acids is 2. The SMILES string of the molecule is COc1cccc(C(=O)Nc2ccc(-c3c(C4CC4)nn(-c4ccc(F)cc4)c3OC(C)=O)cc2)c1. The quantitative estimate of drug-likeness (QED) is 0.338. The van der Waals surface area contributed by atoms with Crippen molar-refractivity contribution in [3.05, 3.63) is 89.9 Å². The smallest absolute Gasteiger partial charge is 0.309 e. The lowest BCUT2D eigenvalue weighted by molar-refractivity contribution is -0.132. The highest BCUT2D eigenvalue weighted by atomic mass is 19.1. The first-order valence-electron chi connectivity index (χ1n) is 11.6. The van der Waals surface area contributed by atoms with Crippen molar-refractivity contribution in [1.82, 2.24) is 9.78 Å². The van der Waals surface area contributed by atoms with E-state index in [1.165, 1.54) is 19.1 Å². The normalized spacial score (nSPS) is 12.8. The molecular formula is C28H24FN3O4. The Labute approximate surface area is 207 Å². The van der Waals surface area contributed by atoms with Crippen molar-refractivity contribution in [2.24, 2.45) is 0 Å². The molecule has 36 heavy (non-hydrogen) atoms. The van der Waals surface area contributed by atoms with Gasteiger partial charge in [0, 0.05) is 24.1 Å². The highest BCUT2D eigenvalue weighted by Crippen LogP contribution is 2.48. The molecule has 4 aromatic rings. The van der Waals surface area contributed by atoms with Gasteiger partial charge < -0.3 is 14.8 Å². The summed E-state index contributed by atoms with van der Waals surface area (Å²) in [5.74, 6) is 0.0256. The summed E-state index contributed by atoms with van der Waals surface area (Å²) < 4.78 is 25.9. The largest absolute Gasteiger partial charge is 0.497 e. The molecule has 1 aliphatic carbocycles. The molecule has 8 heteroatoms. The van der Waals surface area contributed by atoms with Crippen LogP contribution in [0.1, 0.15) is 41.7 Å². The van der Waals surface area contributed by atoms with E-state index in [1.54, 1.807) is 60.3 Å². The Morgan fingerprint density at radius 1 is 1.03 bits per heavy atom. The topological polar surface area (TPSA) is 82.4 Å². The summed E-state index contributed by atoms with van der Waals surface area (Å²) in [7, 11) is 1.55. The lowest BCUT2D eigenvalue weighted by Crippen LogP contribution is -2.11. The summed E-state index contributed by atoms with van der Waals surface area (Å²) in [5.41, 5.74) is 4.00. The third-order valence-electron chi connectivity index (χ3n) is 5.91. The minimum absolute atomic E-state index is 0.253. The third kappa shape index (κ3) is 4.84. The lowest BCUT2D eigenvalue weighted by atomic mass is 10.0. The van der Waals surface area contributed by atoms with Gasteiger partial charge in [-0.2, -0.15) is 9.78 Å². The summed E-state index contributed by atoms with van der Waals surface area (Å²) in [6.45, 7) is 1.33. The van der Waals surface area contributed by atoms with Gasteiger partial charge in [0.25, 0.3) is 5.91 Å².